The number of aromatic nitrogens is 2. The molecule has 2 rings (SSSR count). The van der Waals surface area contributed by atoms with Crippen molar-refractivity contribution >= 4 is 23.1 Å². The molecule has 1 aromatic rings. The summed E-state index contributed by atoms with van der Waals surface area (Å²) in [5, 5.41) is 10.4. The maximum atomic E-state index is 5.51. The van der Waals surface area contributed by atoms with Crippen LogP contribution >= 0.6 is 23.1 Å². The van der Waals surface area contributed by atoms with Crippen molar-refractivity contribution in [3.05, 3.63) is 10.0 Å². The number of nitrogens with two attached hydrogens (primary N) is 1. The van der Waals surface area contributed by atoms with Crippen LogP contribution in [0.25, 0.3) is 0 Å². The van der Waals surface area contributed by atoms with Gasteiger partial charge in [0.1, 0.15) is 10.0 Å². The Morgan fingerprint density at radius 1 is 1.54 bits per heavy atom. The lowest BCUT2D eigenvalue weighted by Gasteiger charge is -2.17. The van der Waals surface area contributed by atoms with Gasteiger partial charge in [0, 0.05) is 6.54 Å². The fourth-order valence-corrected chi connectivity index (χ4v) is 3.78. The zero-order valence-corrected chi connectivity index (χ0v) is 9.25. The van der Waals surface area contributed by atoms with Gasteiger partial charge in [-0.3, -0.25) is 0 Å². The highest BCUT2D eigenvalue weighted by atomic mass is 32.2. The van der Waals surface area contributed by atoms with E-state index in [1.807, 2.05) is 11.8 Å². The summed E-state index contributed by atoms with van der Waals surface area (Å²) in [5.41, 5.74) is 5.51. The van der Waals surface area contributed by atoms with Crippen LogP contribution in [0.2, 0.25) is 0 Å². The van der Waals surface area contributed by atoms with E-state index in [-0.39, 0.29) is 4.75 Å². The Morgan fingerprint density at radius 2 is 2.38 bits per heavy atom. The van der Waals surface area contributed by atoms with Crippen molar-refractivity contribution in [1.29, 1.82) is 0 Å². The lowest BCUT2D eigenvalue weighted by atomic mass is 10.1. The first-order valence-corrected chi connectivity index (χ1v) is 6.22. The standard InChI is InChI=1S/C8H13N3S2/c1-8(3-2-4-12-8)7-11-10-6(5-9)13-7/h2-5,9H2,1H3. The second-order valence-corrected chi connectivity index (χ2v) is 6.05. The molecule has 1 fully saturated rings. The van der Waals surface area contributed by atoms with Crippen LogP contribution in [-0.4, -0.2) is 16.0 Å². The molecule has 3 nitrogen and oxygen atoms in total. The summed E-state index contributed by atoms with van der Waals surface area (Å²) >= 11 is 3.65. The van der Waals surface area contributed by atoms with Gasteiger partial charge in [-0.1, -0.05) is 11.3 Å². The van der Waals surface area contributed by atoms with E-state index in [0.717, 1.165) is 10.0 Å². The molecule has 0 aliphatic carbocycles. The summed E-state index contributed by atoms with van der Waals surface area (Å²) in [4.78, 5) is 0. The fourth-order valence-electron chi connectivity index (χ4n) is 1.50. The molecule has 13 heavy (non-hydrogen) atoms. The Kier molecular flexibility index (Phi) is 2.58. The van der Waals surface area contributed by atoms with Crippen molar-refractivity contribution in [3.63, 3.8) is 0 Å². The number of rotatable bonds is 2. The van der Waals surface area contributed by atoms with Gasteiger partial charge >= 0.3 is 0 Å². The Morgan fingerprint density at radius 3 is 2.92 bits per heavy atom. The molecule has 0 aromatic carbocycles. The van der Waals surface area contributed by atoms with E-state index in [0.29, 0.717) is 6.54 Å². The Balaban J connectivity index is 2.23. The normalized spacial score (nSPS) is 28.2. The second kappa shape index (κ2) is 3.55. The molecule has 0 amide bonds. The number of hydrogen-bond donors (Lipinski definition) is 1. The lowest BCUT2D eigenvalue weighted by molar-refractivity contribution is 0.633. The highest BCUT2D eigenvalue weighted by Crippen LogP contribution is 2.46. The van der Waals surface area contributed by atoms with E-state index >= 15 is 0 Å². The van der Waals surface area contributed by atoms with Crippen LogP contribution in [0, 0.1) is 0 Å². The molecule has 0 saturated carbocycles. The fraction of sp³-hybridized carbons (Fsp3) is 0.750. The molecule has 0 bridgehead atoms. The van der Waals surface area contributed by atoms with Gasteiger partial charge in [0.15, 0.2) is 0 Å². The molecule has 2 heterocycles. The van der Waals surface area contributed by atoms with Crippen molar-refractivity contribution in [3.8, 4) is 0 Å². The van der Waals surface area contributed by atoms with Gasteiger partial charge < -0.3 is 5.73 Å². The van der Waals surface area contributed by atoms with E-state index in [1.165, 1.54) is 18.6 Å². The maximum Gasteiger partial charge on any atom is 0.133 e. The Hall–Kier alpha value is -0.130. The average Bonchev–Trinajstić information content (AvgIpc) is 2.72. The topological polar surface area (TPSA) is 51.8 Å². The molecule has 2 N–H and O–H groups in total. The van der Waals surface area contributed by atoms with E-state index in [1.54, 1.807) is 11.3 Å². The monoisotopic (exact) mass is 215 g/mol. The molecular formula is C8H13N3S2. The summed E-state index contributed by atoms with van der Waals surface area (Å²) in [6.07, 6.45) is 2.51. The van der Waals surface area contributed by atoms with Crippen molar-refractivity contribution in [2.24, 2.45) is 5.73 Å². The molecule has 1 unspecified atom stereocenters. The van der Waals surface area contributed by atoms with Gasteiger partial charge in [-0.05, 0) is 25.5 Å². The highest BCUT2D eigenvalue weighted by molar-refractivity contribution is 8.00. The van der Waals surface area contributed by atoms with Gasteiger partial charge in [0.25, 0.3) is 0 Å². The SMILES string of the molecule is CC1(c2nnc(CN)s2)CCCS1. The number of hydrogen-bond acceptors (Lipinski definition) is 5. The third-order valence-electron chi connectivity index (χ3n) is 2.31. The number of thioether (sulfide) groups is 1. The summed E-state index contributed by atoms with van der Waals surface area (Å²) in [7, 11) is 0. The van der Waals surface area contributed by atoms with Crippen LogP contribution in [0.15, 0.2) is 0 Å². The molecule has 0 spiro atoms. The Labute approximate surface area is 86.1 Å². The van der Waals surface area contributed by atoms with Crippen LogP contribution in [0.5, 0.6) is 0 Å². The molecule has 72 valence electrons. The molecule has 0 radical (unpaired) electrons. The predicted molar refractivity (Wildman–Crippen MR) is 56.8 cm³/mol. The molecular weight excluding hydrogens is 202 g/mol. The summed E-state index contributed by atoms with van der Waals surface area (Å²) in [5.74, 6) is 1.24. The van der Waals surface area contributed by atoms with Gasteiger partial charge in [0.2, 0.25) is 0 Å². The van der Waals surface area contributed by atoms with Crippen LogP contribution in [0.1, 0.15) is 29.8 Å². The van der Waals surface area contributed by atoms with Crippen LogP contribution in [0.3, 0.4) is 0 Å². The average molecular weight is 215 g/mol. The minimum Gasteiger partial charge on any atom is -0.324 e. The summed E-state index contributed by atoms with van der Waals surface area (Å²) < 4.78 is 0.213. The molecule has 5 heteroatoms. The van der Waals surface area contributed by atoms with Crippen molar-refractivity contribution in [2.75, 3.05) is 5.75 Å². The van der Waals surface area contributed by atoms with E-state index in [4.69, 9.17) is 5.73 Å². The van der Waals surface area contributed by atoms with E-state index in [2.05, 4.69) is 17.1 Å². The maximum absolute atomic E-state index is 5.51. The van der Waals surface area contributed by atoms with Crippen LogP contribution < -0.4 is 5.73 Å². The molecule has 1 aliphatic rings. The minimum atomic E-state index is 0.213. The first-order chi connectivity index (χ1) is 6.24. The van der Waals surface area contributed by atoms with Crippen molar-refractivity contribution < 1.29 is 0 Å². The molecule has 1 saturated heterocycles. The van der Waals surface area contributed by atoms with Gasteiger partial charge in [-0.15, -0.1) is 22.0 Å². The highest BCUT2D eigenvalue weighted by Gasteiger charge is 2.34. The van der Waals surface area contributed by atoms with Gasteiger partial charge in [-0.2, -0.15) is 0 Å². The van der Waals surface area contributed by atoms with Crippen LogP contribution in [-0.2, 0) is 11.3 Å². The minimum absolute atomic E-state index is 0.213. The van der Waals surface area contributed by atoms with E-state index in [9.17, 15) is 0 Å². The smallest absolute Gasteiger partial charge is 0.133 e. The first-order valence-electron chi connectivity index (χ1n) is 4.41. The van der Waals surface area contributed by atoms with Gasteiger partial charge in [0.05, 0.1) is 4.75 Å². The Bertz CT molecular complexity index is 291. The quantitative estimate of drug-likeness (QED) is 0.816. The second-order valence-electron chi connectivity index (χ2n) is 3.39. The molecule has 1 aliphatic heterocycles. The van der Waals surface area contributed by atoms with Crippen LogP contribution in [0.4, 0.5) is 0 Å². The van der Waals surface area contributed by atoms with Crippen molar-refractivity contribution in [2.45, 2.75) is 31.1 Å². The first kappa shape index (κ1) is 9.43. The number of nitrogens with zero attached hydrogens (tertiary/aromatic N) is 2. The zero-order chi connectivity index (χ0) is 9.31. The zero-order valence-electron chi connectivity index (χ0n) is 7.62. The van der Waals surface area contributed by atoms with E-state index < -0.39 is 0 Å². The largest absolute Gasteiger partial charge is 0.324 e. The third-order valence-corrected chi connectivity index (χ3v) is 5.18. The molecule has 1 aromatic heterocycles. The van der Waals surface area contributed by atoms with Gasteiger partial charge in [-0.25, -0.2) is 0 Å². The molecule has 1 atom stereocenters. The lowest BCUT2D eigenvalue weighted by Crippen LogP contribution is -2.11. The van der Waals surface area contributed by atoms with Crippen molar-refractivity contribution in [1.82, 2.24) is 10.2 Å². The third kappa shape index (κ3) is 1.73. The summed E-state index contributed by atoms with van der Waals surface area (Å²) in [6, 6.07) is 0. The predicted octanol–water partition coefficient (Wildman–Crippen LogP) is 1.74. The summed E-state index contributed by atoms with van der Waals surface area (Å²) in [6.45, 7) is 2.77.